The number of aryl methyl sites for hydroxylation is 1. The van der Waals surface area contributed by atoms with Crippen molar-refractivity contribution in [2.75, 3.05) is 46.0 Å². The number of aliphatic hydroxyl groups is 1. The highest BCUT2D eigenvalue weighted by atomic mass is 16.5. The number of ketones is 1. The molecule has 1 atom stereocenters. The third-order valence-electron chi connectivity index (χ3n) is 6.49. The van der Waals surface area contributed by atoms with Crippen LogP contribution in [0.15, 0.2) is 52.1 Å². The number of furan rings is 1. The largest absolute Gasteiger partial charge is 0.503 e. The van der Waals surface area contributed by atoms with Gasteiger partial charge >= 0.3 is 0 Å². The molecule has 2 aromatic rings. The molecule has 0 radical (unpaired) electrons. The summed E-state index contributed by atoms with van der Waals surface area (Å²) in [6.07, 6.45) is 3.23. The molecular weight excluding hydrogens is 448 g/mol. The number of ether oxygens (including phenoxy) is 2. The van der Waals surface area contributed by atoms with Gasteiger partial charge in [0.05, 0.1) is 31.4 Å². The Morgan fingerprint density at radius 3 is 2.49 bits per heavy atom. The maximum atomic E-state index is 13.4. The van der Waals surface area contributed by atoms with Gasteiger partial charge in [-0.1, -0.05) is 31.9 Å². The van der Waals surface area contributed by atoms with Crippen molar-refractivity contribution in [3.8, 4) is 5.75 Å². The number of rotatable bonds is 11. The first-order valence-corrected chi connectivity index (χ1v) is 12.4. The maximum absolute atomic E-state index is 13.4. The van der Waals surface area contributed by atoms with Crippen LogP contribution in [-0.2, 0) is 9.53 Å². The summed E-state index contributed by atoms with van der Waals surface area (Å²) in [6, 6.07) is 9.96. The van der Waals surface area contributed by atoms with Crippen molar-refractivity contribution in [1.29, 1.82) is 0 Å². The number of amides is 1. The molecule has 0 aliphatic carbocycles. The van der Waals surface area contributed by atoms with Gasteiger partial charge in [0, 0.05) is 26.2 Å². The summed E-state index contributed by atoms with van der Waals surface area (Å²) < 4.78 is 16.8. The Balaban J connectivity index is 1.59. The van der Waals surface area contributed by atoms with E-state index in [2.05, 4.69) is 11.8 Å². The van der Waals surface area contributed by atoms with Crippen molar-refractivity contribution in [3.63, 3.8) is 0 Å². The van der Waals surface area contributed by atoms with E-state index in [0.29, 0.717) is 38.7 Å². The molecule has 1 N–H and O–H groups in total. The van der Waals surface area contributed by atoms with Gasteiger partial charge in [0.2, 0.25) is 5.78 Å². The average Bonchev–Trinajstić information content (AvgIpc) is 3.42. The molecule has 1 unspecified atom stereocenters. The van der Waals surface area contributed by atoms with E-state index in [1.165, 1.54) is 0 Å². The number of Topliss-reactive ketones (excluding diaryl/α,β-unsaturated/α-hetero) is 1. The summed E-state index contributed by atoms with van der Waals surface area (Å²) in [5, 5.41) is 10.8. The van der Waals surface area contributed by atoms with Gasteiger partial charge in [0.1, 0.15) is 11.5 Å². The standard InChI is InChI=1S/C27H34N2O6/c1-3-4-5-16-34-21-9-7-20(8-10-21)24-23(25(30)22-11-6-19(2)35-22)26(31)27(32)29(24)13-12-28-14-17-33-18-15-28/h6-11,24,31H,3-5,12-18H2,1-2H3. The number of hydrogen-bond acceptors (Lipinski definition) is 7. The molecular formula is C27H34N2O6. The van der Waals surface area contributed by atoms with Crippen LogP contribution in [0.3, 0.4) is 0 Å². The molecule has 3 heterocycles. The van der Waals surface area contributed by atoms with E-state index in [0.717, 1.165) is 43.7 Å². The van der Waals surface area contributed by atoms with E-state index in [1.807, 2.05) is 24.3 Å². The molecule has 1 fully saturated rings. The monoisotopic (exact) mass is 482 g/mol. The minimum atomic E-state index is -0.712. The molecule has 4 rings (SSSR count). The highest BCUT2D eigenvalue weighted by molar-refractivity contribution is 6.15. The normalized spacial score (nSPS) is 19.0. The smallest absolute Gasteiger partial charge is 0.290 e. The van der Waals surface area contributed by atoms with Crippen molar-refractivity contribution in [2.24, 2.45) is 0 Å². The molecule has 35 heavy (non-hydrogen) atoms. The SMILES string of the molecule is CCCCCOc1ccc(C2C(C(=O)c3ccc(C)o3)=C(O)C(=O)N2CCN2CCOCC2)cc1. The molecule has 8 heteroatoms. The molecule has 0 bridgehead atoms. The van der Waals surface area contributed by atoms with Crippen molar-refractivity contribution < 1.29 is 28.6 Å². The first-order chi connectivity index (χ1) is 17.0. The Hall–Kier alpha value is -3.10. The molecule has 2 aliphatic rings. The topological polar surface area (TPSA) is 92.5 Å². The number of morpholine rings is 1. The fraction of sp³-hybridized carbons (Fsp3) is 0.481. The third-order valence-corrected chi connectivity index (χ3v) is 6.49. The van der Waals surface area contributed by atoms with Crippen LogP contribution in [0.4, 0.5) is 0 Å². The van der Waals surface area contributed by atoms with Crippen LogP contribution in [0, 0.1) is 6.92 Å². The second-order valence-electron chi connectivity index (χ2n) is 8.98. The lowest BCUT2D eigenvalue weighted by atomic mass is 9.95. The summed E-state index contributed by atoms with van der Waals surface area (Å²) in [7, 11) is 0. The van der Waals surface area contributed by atoms with Gasteiger partial charge in [-0.25, -0.2) is 0 Å². The summed E-state index contributed by atoms with van der Waals surface area (Å²) in [4.78, 5) is 30.3. The van der Waals surface area contributed by atoms with Gasteiger partial charge < -0.3 is 23.9 Å². The number of carbonyl (C=O) groups excluding carboxylic acids is 2. The Labute approximate surface area is 206 Å². The van der Waals surface area contributed by atoms with Crippen LogP contribution in [0.2, 0.25) is 0 Å². The Kier molecular flexibility index (Phi) is 8.25. The van der Waals surface area contributed by atoms with Crippen LogP contribution in [0.25, 0.3) is 0 Å². The van der Waals surface area contributed by atoms with Crippen molar-refractivity contribution in [1.82, 2.24) is 9.80 Å². The highest BCUT2D eigenvalue weighted by Gasteiger charge is 2.44. The first-order valence-electron chi connectivity index (χ1n) is 12.4. The fourth-order valence-corrected chi connectivity index (χ4v) is 4.51. The van der Waals surface area contributed by atoms with E-state index in [9.17, 15) is 14.7 Å². The van der Waals surface area contributed by atoms with Gasteiger partial charge in [-0.05, 0) is 43.2 Å². The quantitative estimate of drug-likeness (QED) is 0.381. The number of hydrogen-bond donors (Lipinski definition) is 1. The molecule has 1 aromatic heterocycles. The van der Waals surface area contributed by atoms with E-state index >= 15 is 0 Å². The van der Waals surface area contributed by atoms with Crippen molar-refractivity contribution in [3.05, 3.63) is 64.8 Å². The number of carbonyl (C=O) groups is 2. The lowest BCUT2D eigenvalue weighted by molar-refractivity contribution is -0.129. The van der Waals surface area contributed by atoms with Crippen molar-refractivity contribution >= 4 is 11.7 Å². The lowest BCUT2D eigenvalue weighted by Crippen LogP contribution is -2.43. The third kappa shape index (κ3) is 5.77. The molecule has 2 aliphatic heterocycles. The van der Waals surface area contributed by atoms with E-state index in [-0.39, 0.29) is 11.3 Å². The van der Waals surface area contributed by atoms with Crippen LogP contribution < -0.4 is 4.74 Å². The zero-order valence-electron chi connectivity index (χ0n) is 20.5. The summed E-state index contributed by atoms with van der Waals surface area (Å²) in [5.41, 5.74) is 0.778. The number of nitrogens with zero attached hydrogens (tertiary/aromatic N) is 2. The summed E-state index contributed by atoms with van der Waals surface area (Å²) >= 11 is 0. The fourth-order valence-electron chi connectivity index (χ4n) is 4.51. The first kappa shape index (κ1) is 25.0. The van der Waals surface area contributed by atoms with Crippen LogP contribution in [-0.4, -0.2) is 72.6 Å². The predicted octanol–water partition coefficient (Wildman–Crippen LogP) is 4.07. The maximum Gasteiger partial charge on any atom is 0.290 e. The van der Waals surface area contributed by atoms with E-state index in [1.54, 1.807) is 24.0 Å². The second kappa shape index (κ2) is 11.6. The van der Waals surface area contributed by atoms with Crippen LogP contribution >= 0.6 is 0 Å². The number of aliphatic hydroxyl groups excluding tert-OH is 1. The number of benzene rings is 1. The lowest BCUT2D eigenvalue weighted by Gasteiger charge is -2.31. The average molecular weight is 483 g/mol. The molecule has 8 nitrogen and oxygen atoms in total. The minimum Gasteiger partial charge on any atom is -0.503 e. The molecule has 1 aromatic carbocycles. The van der Waals surface area contributed by atoms with Crippen LogP contribution in [0.5, 0.6) is 5.75 Å². The van der Waals surface area contributed by atoms with Gasteiger partial charge in [-0.2, -0.15) is 0 Å². The van der Waals surface area contributed by atoms with Crippen molar-refractivity contribution in [2.45, 2.75) is 39.2 Å². The zero-order chi connectivity index (χ0) is 24.8. The highest BCUT2D eigenvalue weighted by Crippen LogP contribution is 2.39. The Morgan fingerprint density at radius 2 is 1.83 bits per heavy atom. The molecule has 188 valence electrons. The van der Waals surface area contributed by atoms with Gasteiger partial charge in [0.25, 0.3) is 5.91 Å². The summed E-state index contributed by atoms with van der Waals surface area (Å²) in [5.74, 6) is -0.124. The molecule has 0 saturated carbocycles. The molecule has 0 spiro atoms. The van der Waals surface area contributed by atoms with Gasteiger partial charge in [0.15, 0.2) is 11.5 Å². The zero-order valence-corrected chi connectivity index (χ0v) is 20.5. The number of unbranched alkanes of at least 4 members (excludes halogenated alkanes) is 2. The second-order valence-corrected chi connectivity index (χ2v) is 8.98. The van der Waals surface area contributed by atoms with Gasteiger partial charge in [-0.15, -0.1) is 0 Å². The van der Waals surface area contributed by atoms with E-state index < -0.39 is 23.5 Å². The Bertz CT molecular complexity index is 1050. The molecule has 1 amide bonds. The molecule has 1 saturated heterocycles. The van der Waals surface area contributed by atoms with Crippen LogP contribution in [0.1, 0.15) is 54.1 Å². The minimum absolute atomic E-state index is 0.0444. The van der Waals surface area contributed by atoms with E-state index in [4.69, 9.17) is 13.9 Å². The summed E-state index contributed by atoms with van der Waals surface area (Å²) in [6.45, 7) is 8.41. The van der Waals surface area contributed by atoms with Gasteiger partial charge in [-0.3, -0.25) is 14.5 Å². The predicted molar refractivity (Wildman–Crippen MR) is 131 cm³/mol. The Morgan fingerprint density at radius 1 is 1.09 bits per heavy atom.